The van der Waals surface area contributed by atoms with Crippen LogP contribution in [0.5, 0.6) is 0 Å². The first-order valence-electron chi connectivity index (χ1n) is 8.47. The molecule has 3 rings (SSSR count). The number of hydrogen-bond donors (Lipinski definition) is 1. The van der Waals surface area contributed by atoms with Gasteiger partial charge in [-0.3, -0.25) is 4.79 Å². The summed E-state index contributed by atoms with van der Waals surface area (Å²) in [6, 6.07) is 14.6. The molecule has 1 amide bonds. The van der Waals surface area contributed by atoms with Crippen LogP contribution < -0.4 is 5.32 Å². The Hall–Kier alpha value is -2.05. The molecule has 0 aliphatic carbocycles. The predicted octanol–water partition coefficient (Wildman–Crippen LogP) is 3.10. The largest absolute Gasteiger partial charge is 0.383 e. The zero-order valence-corrected chi connectivity index (χ0v) is 15.9. The number of carbonyl (C=O) groups excluding carboxylic acids is 1. The summed E-state index contributed by atoms with van der Waals surface area (Å²) in [7, 11) is -3.36. The maximum Gasteiger partial charge on any atom is 0.223 e. The minimum absolute atomic E-state index is 0.00189. The number of halogens is 1. The molecule has 1 aliphatic heterocycles. The molecule has 0 atom stereocenters. The van der Waals surface area contributed by atoms with Crippen molar-refractivity contribution in [2.45, 2.75) is 18.7 Å². The smallest absolute Gasteiger partial charge is 0.223 e. The van der Waals surface area contributed by atoms with Crippen molar-refractivity contribution < 1.29 is 13.2 Å². The summed E-state index contributed by atoms with van der Waals surface area (Å²) in [5.74, 6) is -0.370. The van der Waals surface area contributed by atoms with Crippen LogP contribution in [0.2, 0.25) is 5.02 Å². The minimum Gasteiger partial charge on any atom is -0.383 e. The Morgan fingerprint density at radius 3 is 2.62 bits per heavy atom. The van der Waals surface area contributed by atoms with Crippen LogP contribution in [-0.4, -0.2) is 38.1 Å². The van der Waals surface area contributed by atoms with Crippen LogP contribution >= 0.6 is 11.6 Å². The molecule has 1 N–H and O–H groups in total. The van der Waals surface area contributed by atoms with E-state index in [1.165, 1.54) is 0 Å². The molecule has 2 aromatic rings. The van der Waals surface area contributed by atoms with Crippen molar-refractivity contribution in [3.8, 4) is 0 Å². The van der Waals surface area contributed by atoms with Gasteiger partial charge in [-0.2, -0.15) is 0 Å². The zero-order valence-electron chi connectivity index (χ0n) is 14.3. The van der Waals surface area contributed by atoms with Gasteiger partial charge in [0, 0.05) is 36.8 Å². The lowest BCUT2D eigenvalue weighted by molar-refractivity contribution is -0.131. The Balaban J connectivity index is 1.58. The zero-order chi connectivity index (χ0) is 18.6. The number of benzene rings is 2. The lowest BCUT2D eigenvalue weighted by atomic mass is 10.1. The highest BCUT2D eigenvalue weighted by molar-refractivity contribution is 7.90. The average molecular weight is 393 g/mol. The van der Waals surface area contributed by atoms with E-state index >= 15 is 0 Å². The van der Waals surface area contributed by atoms with Crippen LogP contribution in [-0.2, 0) is 26.9 Å². The molecule has 0 bridgehead atoms. The third-order valence-corrected chi connectivity index (χ3v) is 6.21. The lowest BCUT2D eigenvalue weighted by Gasteiger charge is -2.20. The van der Waals surface area contributed by atoms with Gasteiger partial charge >= 0.3 is 0 Å². The Morgan fingerprint density at radius 1 is 1.12 bits per heavy atom. The Bertz CT molecular complexity index is 882. The number of nitrogens with one attached hydrogen (secondary N) is 1. The molecule has 0 spiro atoms. The molecule has 0 saturated heterocycles. The van der Waals surface area contributed by atoms with Crippen molar-refractivity contribution in [3.05, 3.63) is 64.7 Å². The van der Waals surface area contributed by atoms with Gasteiger partial charge < -0.3 is 10.2 Å². The van der Waals surface area contributed by atoms with E-state index in [0.717, 1.165) is 11.3 Å². The second kappa shape index (κ2) is 8.10. The summed E-state index contributed by atoms with van der Waals surface area (Å²) < 4.78 is 24.6. The second-order valence-corrected chi connectivity index (χ2v) is 8.99. The molecule has 138 valence electrons. The number of carbonyl (C=O) groups is 1. The van der Waals surface area contributed by atoms with Crippen molar-refractivity contribution in [2.75, 3.05) is 24.2 Å². The summed E-state index contributed by atoms with van der Waals surface area (Å²) in [4.78, 5) is 14.2. The molecule has 1 aliphatic rings. The van der Waals surface area contributed by atoms with Crippen LogP contribution in [0.3, 0.4) is 0 Å². The molecule has 2 aromatic carbocycles. The Morgan fingerprint density at radius 2 is 1.85 bits per heavy atom. The van der Waals surface area contributed by atoms with Gasteiger partial charge in [0.15, 0.2) is 9.84 Å². The van der Waals surface area contributed by atoms with Gasteiger partial charge in [0.05, 0.1) is 11.5 Å². The molecular formula is C19H21ClN2O3S. The van der Waals surface area contributed by atoms with Crippen molar-refractivity contribution in [1.29, 1.82) is 0 Å². The van der Waals surface area contributed by atoms with E-state index in [4.69, 9.17) is 11.6 Å². The maximum absolute atomic E-state index is 12.5. The van der Waals surface area contributed by atoms with Crippen molar-refractivity contribution in [1.82, 2.24) is 4.90 Å². The molecule has 0 aromatic heterocycles. The monoisotopic (exact) mass is 392 g/mol. The van der Waals surface area contributed by atoms with E-state index in [1.54, 1.807) is 29.2 Å². The summed E-state index contributed by atoms with van der Waals surface area (Å²) in [6.45, 7) is 1.71. The minimum atomic E-state index is -3.36. The van der Waals surface area contributed by atoms with Gasteiger partial charge in [0.25, 0.3) is 0 Å². The van der Waals surface area contributed by atoms with Crippen LogP contribution in [0.15, 0.2) is 48.5 Å². The number of para-hydroxylation sites is 1. The first-order valence-corrected chi connectivity index (χ1v) is 10.7. The number of fused-ring (bicyclic) bond motifs is 1. The van der Waals surface area contributed by atoms with Gasteiger partial charge in [-0.25, -0.2) is 8.42 Å². The van der Waals surface area contributed by atoms with Gasteiger partial charge in [0.1, 0.15) is 0 Å². The molecule has 0 unspecified atom stereocenters. The summed E-state index contributed by atoms with van der Waals surface area (Å²) in [5, 5.41) is 3.86. The topological polar surface area (TPSA) is 66.5 Å². The molecule has 7 heteroatoms. The fraction of sp³-hybridized carbons (Fsp3) is 0.316. The SMILES string of the molecule is O=C(CCS(=O)(=O)Cc1ccc(Cl)cc1)N1CCNc2ccccc2C1. The van der Waals surface area contributed by atoms with Crippen molar-refractivity contribution >= 4 is 33.0 Å². The fourth-order valence-corrected chi connectivity index (χ4v) is 4.42. The molecular weight excluding hydrogens is 372 g/mol. The number of hydrogen-bond acceptors (Lipinski definition) is 4. The van der Waals surface area contributed by atoms with Crippen molar-refractivity contribution in [2.24, 2.45) is 0 Å². The highest BCUT2D eigenvalue weighted by Gasteiger charge is 2.21. The number of nitrogens with zero attached hydrogens (tertiary/aromatic N) is 1. The molecule has 0 fully saturated rings. The van der Waals surface area contributed by atoms with Crippen LogP contribution in [0, 0.1) is 0 Å². The van der Waals surface area contributed by atoms with Gasteiger partial charge in [-0.05, 0) is 29.3 Å². The normalized spacial score (nSPS) is 14.3. The number of sulfone groups is 1. The molecule has 0 saturated carbocycles. The van der Waals surface area contributed by atoms with E-state index in [9.17, 15) is 13.2 Å². The first kappa shape index (κ1) is 18.7. The fourth-order valence-electron chi connectivity index (χ4n) is 2.96. The molecule has 5 nitrogen and oxygen atoms in total. The number of amides is 1. The van der Waals surface area contributed by atoms with Gasteiger partial charge in [0.2, 0.25) is 5.91 Å². The van der Waals surface area contributed by atoms with Crippen LogP contribution in [0.25, 0.3) is 0 Å². The standard InChI is InChI=1S/C19H21ClN2O3S/c20-17-7-5-15(6-8-17)14-26(24,25)12-9-19(23)22-11-10-21-18-4-2-1-3-16(18)13-22/h1-8,21H,9-14H2. The van der Waals surface area contributed by atoms with E-state index in [1.807, 2.05) is 24.3 Å². The van der Waals surface area contributed by atoms with E-state index in [2.05, 4.69) is 5.32 Å². The Kier molecular flexibility index (Phi) is 5.84. The number of anilines is 1. The first-order chi connectivity index (χ1) is 12.4. The van der Waals surface area contributed by atoms with E-state index in [0.29, 0.717) is 30.2 Å². The number of rotatable bonds is 5. The quantitative estimate of drug-likeness (QED) is 0.849. The molecule has 26 heavy (non-hydrogen) atoms. The van der Waals surface area contributed by atoms with Gasteiger partial charge in [-0.15, -0.1) is 0 Å². The summed E-state index contributed by atoms with van der Waals surface area (Å²) in [5.41, 5.74) is 2.75. The van der Waals surface area contributed by atoms with Gasteiger partial charge in [-0.1, -0.05) is 41.9 Å². The molecule has 1 heterocycles. The second-order valence-electron chi connectivity index (χ2n) is 6.37. The van der Waals surface area contributed by atoms with Crippen molar-refractivity contribution in [3.63, 3.8) is 0 Å². The average Bonchev–Trinajstić information content (AvgIpc) is 2.84. The van der Waals surface area contributed by atoms with Crippen LogP contribution in [0.1, 0.15) is 17.5 Å². The Labute approximate surface area is 158 Å². The highest BCUT2D eigenvalue weighted by Crippen LogP contribution is 2.20. The maximum atomic E-state index is 12.5. The van der Waals surface area contributed by atoms with E-state index < -0.39 is 9.84 Å². The summed E-state index contributed by atoms with van der Waals surface area (Å²) >= 11 is 5.82. The van der Waals surface area contributed by atoms with Crippen LogP contribution in [0.4, 0.5) is 5.69 Å². The third kappa shape index (κ3) is 4.99. The highest BCUT2D eigenvalue weighted by atomic mass is 35.5. The lowest BCUT2D eigenvalue weighted by Crippen LogP contribution is -2.33. The molecule has 0 radical (unpaired) electrons. The van der Waals surface area contributed by atoms with E-state index in [-0.39, 0.29) is 23.8 Å². The predicted molar refractivity (Wildman–Crippen MR) is 104 cm³/mol. The summed E-state index contributed by atoms with van der Waals surface area (Å²) in [6.07, 6.45) is -0.00189. The third-order valence-electron chi connectivity index (χ3n) is 4.36.